The van der Waals surface area contributed by atoms with E-state index in [1.807, 2.05) is 24.3 Å². The number of halogens is 2. The number of rotatable bonds is 8. The molecule has 0 spiro atoms. The van der Waals surface area contributed by atoms with Gasteiger partial charge in [-0.25, -0.2) is 0 Å². The molecule has 1 aromatic heterocycles. The van der Waals surface area contributed by atoms with Gasteiger partial charge < -0.3 is 20.3 Å². The molecule has 28 heavy (non-hydrogen) atoms. The summed E-state index contributed by atoms with van der Waals surface area (Å²) in [7, 11) is 0. The Kier molecular flexibility index (Phi) is 10.3. The molecule has 0 saturated carbocycles. The van der Waals surface area contributed by atoms with Gasteiger partial charge in [0.05, 0.1) is 5.69 Å². The molecule has 0 fully saturated rings. The van der Waals surface area contributed by atoms with Crippen LogP contribution in [0.4, 0.5) is 5.69 Å². The predicted octanol–water partition coefficient (Wildman–Crippen LogP) is 2.87. The van der Waals surface area contributed by atoms with Crippen LogP contribution < -0.4 is 15.4 Å². The zero-order chi connectivity index (χ0) is 18.4. The Morgan fingerprint density at radius 3 is 2.75 bits per heavy atom. The minimum Gasteiger partial charge on any atom is -0.490 e. The van der Waals surface area contributed by atoms with Crippen molar-refractivity contribution in [2.45, 2.75) is 26.8 Å². The summed E-state index contributed by atoms with van der Waals surface area (Å²) in [6, 6.07) is 7.51. The zero-order valence-electron chi connectivity index (χ0n) is 16.3. The van der Waals surface area contributed by atoms with Crippen molar-refractivity contribution in [1.29, 1.82) is 0 Å². The number of H-pyrrole nitrogens is 1. The monoisotopic (exact) mass is 429 g/mol. The molecular formula is C19H29Cl2N5O2. The summed E-state index contributed by atoms with van der Waals surface area (Å²) in [6.45, 7) is 9.27. The second-order valence-corrected chi connectivity index (χ2v) is 6.28. The Bertz CT molecular complexity index is 750. The maximum atomic E-state index is 12.7. The quantitative estimate of drug-likeness (QED) is 0.600. The summed E-state index contributed by atoms with van der Waals surface area (Å²) >= 11 is 0. The van der Waals surface area contributed by atoms with Gasteiger partial charge in [0.15, 0.2) is 5.69 Å². The first-order valence-electron chi connectivity index (χ1n) is 9.25. The van der Waals surface area contributed by atoms with Crippen molar-refractivity contribution >= 4 is 36.4 Å². The van der Waals surface area contributed by atoms with Gasteiger partial charge in [-0.15, -0.1) is 24.8 Å². The SMILES string of the molecule is CCN(CC)CCOc1ccccc1NC(=O)c1n[nH]c2c1CNCC2.Cl.Cl. The van der Waals surface area contributed by atoms with Crippen LogP contribution in [0.5, 0.6) is 5.75 Å². The highest BCUT2D eigenvalue weighted by Crippen LogP contribution is 2.25. The van der Waals surface area contributed by atoms with E-state index < -0.39 is 0 Å². The molecule has 1 aliphatic rings. The lowest BCUT2D eigenvalue weighted by Crippen LogP contribution is -2.28. The number of likely N-dealkylation sites (N-methyl/N-ethyl adjacent to an activating group) is 1. The molecule has 7 nitrogen and oxygen atoms in total. The first kappa shape index (κ1) is 24.2. The number of hydrogen-bond donors (Lipinski definition) is 3. The van der Waals surface area contributed by atoms with Crippen LogP contribution >= 0.6 is 24.8 Å². The third-order valence-corrected chi connectivity index (χ3v) is 4.72. The summed E-state index contributed by atoms with van der Waals surface area (Å²) < 4.78 is 5.91. The fourth-order valence-corrected chi connectivity index (χ4v) is 3.11. The number of nitrogens with zero attached hydrogens (tertiary/aromatic N) is 2. The number of anilines is 1. The summed E-state index contributed by atoms with van der Waals surface area (Å²) in [5, 5.41) is 13.4. The Morgan fingerprint density at radius 1 is 1.25 bits per heavy atom. The molecule has 1 aromatic carbocycles. The molecule has 0 unspecified atom stereocenters. The summed E-state index contributed by atoms with van der Waals surface area (Å²) in [4.78, 5) is 15.0. The van der Waals surface area contributed by atoms with Gasteiger partial charge in [0.1, 0.15) is 12.4 Å². The van der Waals surface area contributed by atoms with E-state index in [0.717, 1.165) is 43.9 Å². The predicted molar refractivity (Wildman–Crippen MR) is 116 cm³/mol. The molecule has 0 bridgehead atoms. The molecule has 1 amide bonds. The number of nitrogens with one attached hydrogen (secondary N) is 3. The maximum absolute atomic E-state index is 12.7. The van der Waals surface area contributed by atoms with Gasteiger partial charge in [0.25, 0.3) is 5.91 Å². The van der Waals surface area contributed by atoms with Crippen LogP contribution in [0.1, 0.15) is 35.6 Å². The fourth-order valence-electron chi connectivity index (χ4n) is 3.11. The molecular weight excluding hydrogens is 401 g/mol. The van der Waals surface area contributed by atoms with E-state index in [9.17, 15) is 4.79 Å². The second kappa shape index (κ2) is 11.9. The number of benzene rings is 1. The number of aromatic amines is 1. The Hall–Kier alpha value is -1.80. The van der Waals surface area contributed by atoms with Gasteiger partial charge in [-0.1, -0.05) is 26.0 Å². The number of ether oxygens (including phenoxy) is 1. The average molecular weight is 430 g/mol. The van der Waals surface area contributed by atoms with Crippen molar-refractivity contribution < 1.29 is 9.53 Å². The van der Waals surface area contributed by atoms with E-state index >= 15 is 0 Å². The lowest BCUT2D eigenvalue weighted by atomic mass is 10.1. The zero-order valence-corrected chi connectivity index (χ0v) is 17.9. The standard InChI is InChI=1S/C19H27N5O2.2ClH/c1-3-24(4-2)11-12-26-17-8-6-5-7-16(17)21-19(25)18-14-13-20-10-9-15(14)22-23-18;;/h5-8,20H,3-4,9-13H2,1-2H3,(H,21,25)(H,22,23);2*1H. The minimum absolute atomic E-state index is 0. The van der Waals surface area contributed by atoms with Crippen LogP contribution in [0.15, 0.2) is 24.3 Å². The van der Waals surface area contributed by atoms with Crippen molar-refractivity contribution in [2.75, 3.05) is 38.1 Å². The van der Waals surface area contributed by atoms with Crippen molar-refractivity contribution in [3.8, 4) is 5.75 Å². The number of fused-ring (bicyclic) bond motifs is 1. The van der Waals surface area contributed by atoms with Gasteiger partial charge in [-0.05, 0) is 25.2 Å². The summed E-state index contributed by atoms with van der Waals surface area (Å²) in [5.74, 6) is 0.460. The number of carbonyl (C=O) groups is 1. The first-order valence-corrected chi connectivity index (χ1v) is 9.25. The van der Waals surface area contributed by atoms with Gasteiger partial charge in [0.2, 0.25) is 0 Å². The number of carbonyl (C=O) groups excluding carboxylic acids is 1. The normalized spacial score (nSPS) is 12.5. The average Bonchev–Trinajstić information content (AvgIpc) is 3.11. The smallest absolute Gasteiger partial charge is 0.276 e. The van der Waals surface area contributed by atoms with Crippen LogP contribution in [0.2, 0.25) is 0 Å². The molecule has 2 heterocycles. The summed E-state index contributed by atoms with van der Waals surface area (Å²) in [6.07, 6.45) is 0.862. The Morgan fingerprint density at radius 2 is 2.00 bits per heavy atom. The molecule has 0 aliphatic carbocycles. The van der Waals surface area contributed by atoms with E-state index in [1.54, 1.807) is 0 Å². The third kappa shape index (κ3) is 5.85. The molecule has 2 aromatic rings. The van der Waals surface area contributed by atoms with Gasteiger partial charge in [-0.3, -0.25) is 9.89 Å². The van der Waals surface area contributed by atoms with Gasteiger partial charge in [0, 0.05) is 37.3 Å². The number of hydrogen-bond acceptors (Lipinski definition) is 5. The molecule has 1 aliphatic heterocycles. The molecule has 3 rings (SSSR count). The topological polar surface area (TPSA) is 82.3 Å². The first-order chi connectivity index (χ1) is 12.7. The molecule has 156 valence electrons. The lowest BCUT2D eigenvalue weighted by Gasteiger charge is -2.19. The Balaban J connectivity index is 0.00000196. The van der Waals surface area contributed by atoms with Crippen LogP contribution in [-0.2, 0) is 13.0 Å². The van der Waals surface area contributed by atoms with Crippen molar-refractivity contribution in [3.63, 3.8) is 0 Å². The maximum Gasteiger partial charge on any atom is 0.276 e. The van der Waals surface area contributed by atoms with Gasteiger partial charge in [-0.2, -0.15) is 5.10 Å². The van der Waals surface area contributed by atoms with Crippen molar-refractivity contribution in [1.82, 2.24) is 20.4 Å². The van der Waals surface area contributed by atoms with E-state index in [-0.39, 0.29) is 30.7 Å². The molecule has 0 radical (unpaired) electrons. The third-order valence-electron chi connectivity index (χ3n) is 4.72. The highest BCUT2D eigenvalue weighted by atomic mass is 35.5. The lowest BCUT2D eigenvalue weighted by molar-refractivity contribution is 0.102. The van der Waals surface area contributed by atoms with Crippen molar-refractivity contribution in [3.05, 3.63) is 41.2 Å². The van der Waals surface area contributed by atoms with Crippen LogP contribution in [0.25, 0.3) is 0 Å². The van der Waals surface area contributed by atoms with Crippen LogP contribution in [-0.4, -0.2) is 53.8 Å². The second-order valence-electron chi connectivity index (χ2n) is 6.28. The summed E-state index contributed by atoms with van der Waals surface area (Å²) in [5.41, 5.74) is 3.11. The highest BCUT2D eigenvalue weighted by Gasteiger charge is 2.22. The fraction of sp³-hybridized carbons (Fsp3) is 0.474. The van der Waals surface area contributed by atoms with Gasteiger partial charge >= 0.3 is 0 Å². The van der Waals surface area contributed by atoms with E-state index in [2.05, 4.69) is 39.6 Å². The number of para-hydroxylation sites is 2. The highest BCUT2D eigenvalue weighted by molar-refractivity contribution is 6.04. The Labute approximate surface area is 178 Å². The van der Waals surface area contributed by atoms with E-state index in [1.165, 1.54) is 0 Å². The number of amides is 1. The van der Waals surface area contributed by atoms with Crippen LogP contribution in [0.3, 0.4) is 0 Å². The molecule has 0 atom stereocenters. The number of aromatic nitrogens is 2. The van der Waals surface area contributed by atoms with E-state index in [4.69, 9.17) is 4.74 Å². The molecule has 9 heteroatoms. The molecule has 3 N–H and O–H groups in total. The minimum atomic E-state index is -0.217. The van der Waals surface area contributed by atoms with E-state index in [0.29, 0.717) is 30.3 Å². The largest absolute Gasteiger partial charge is 0.490 e. The molecule has 0 saturated heterocycles. The van der Waals surface area contributed by atoms with Crippen LogP contribution in [0, 0.1) is 0 Å². The van der Waals surface area contributed by atoms with Crippen molar-refractivity contribution in [2.24, 2.45) is 0 Å².